The van der Waals surface area contributed by atoms with Crippen LogP contribution in [-0.2, 0) is 16.3 Å². The molecule has 6 nitrogen and oxygen atoms in total. The minimum atomic E-state index is -3.11. The van der Waals surface area contributed by atoms with Gasteiger partial charge in [-0.2, -0.15) is 0 Å². The number of carbonyl (C=O) groups is 1. The summed E-state index contributed by atoms with van der Waals surface area (Å²) in [4.78, 5) is 14.6. The largest absolute Gasteiger partial charge is 0.456 e. The third-order valence-corrected chi connectivity index (χ3v) is 6.45. The first-order chi connectivity index (χ1) is 11.0. The topological polar surface area (TPSA) is 79.6 Å². The van der Waals surface area contributed by atoms with E-state index < -0.39 is 9.84 Å². The zero-order chi connectivity index (χ0) is 16.4. The summed E-state index contributed by atoms with van der Waals surface area (Å²) in [7, 11) is -3.11. The van der Waals surface area contributed by atoms with Crippen LogP contribution < -0.4 is 5.32 Å². The Balaban J connectivity index is 1.71. The van der Waals surface area contributed by atoms with Crippen molar-refractivity contribution in [2.45, 2.75) is 44.7 Å². The van der Waals surface area contributed by atoms with Gasteiger partial charge in [0.15, 0.2) is 15.6 Å². The minimum absolute atomic E-state index is 0.0151. The molecule has 7 heteroatoms. The average Bonchev–Trinajstić information content (AvgIpc) is 3.12. The summed E-state index contributed by atoms with van der Waals surface area (Å²) < 4.78 is 29.6. The number of likely N-dealkylation sites (tertiary alicyclic amines) is 1. The van der Waals surface area contributed by atoms with Gasteiger partial charge in [0.2, 0.25) is 0 Å². The molecule has 0 spiro atoms. The molecule has 2 atom stereocenters. The maximum absolute atomic E-state index is 12.4. The maximum Gasteiger partial charge on any atom is 0.287 e. The summed E-state index contributed by atoms with van der Waals surface area (Å²) in [5.41, 5.74) is 0. The molecule has 0 aromatic carbocycles. The molecule has 23 heavy (non-hydrogen) atoms. The number of piperidine rings is 1. The van der Waals surface area contributed by atoms with E-state index in [4.69, 9.17) is 4.42 Å². The van der Waals surface area contributed by atoms with Crippen molar-refractivity contribution in [2.24, 2.45) is 0 Å². The number of amides is 1. The summed E-state index contributed by atoms with van der Waals surface area (Å²) >= 11 is 0. The van der Waals surface area contributed by atoms with E-state index in [1.807, 2.05) is 6.92 Å². The highest BCUT2D eigenvalue weighted by atomic mass is 32.2. The standard InChI is InChI=1S/C16H24N2O4S/c1-2-12-6-7-15(22-12)16(19)17-13-10-23(20,21)11-14(13)18-8-4-3-5-9-18/h6-7,13-14H,2-5,8-11H2,1H3,(H,17,19)/t13-,14-/m1/s1. The Morgan fingerprint density at radius 2 is 2.00 bits per heavy atom. The lowest BCUT2D eigenvalue weighted by Gasteiger charge is -2.34. The van der Waals surface area contributed by atoms with Crippen LogP contribution in [0, 0.1) is 0 Å². The molecule has 0 unspecified atom stereocenters. The second kappa shape index (κ2) is 6.65. The van der Waals surface area contributed by atoms with Crippen molar-refractivity contribution in [3.8, 4) is 0 Å². The van der Waals surface area contributed by atoms with Crippen LogP contribution in [0.4, 0.5) is 0 Å². The molecule has 0 aliphatic carbocycles. The third-order valence-electron chi connectivity index (χ3n) is 4.73. The highest BCUT2D eigenvalue weighted by molar-refractivity contribution is 7.91. The quantitative estimate of drug-likeness (QED) is 0.891. The summed E-state index contributed by atoms with van der Waals surface area (Å²) in [5.74, 6) is 0.830. The van der Waals surface area contributed by atoms with E-state index in [1.165, 1.54) is 6.42 Å². The van der Waals surface area contributed by atoms with Crippen molar-refractivity contribution in [1.82, 2.24) is 10.2 Å². The van der Waals surface area contributed by atoms with Gasteiger partial charge in [-0.15, -0.1) is 0 Å². The first-order valence-electron chi connectivity index (χ1n) is 8.32. The molecular formula is C16H24N2O4S. The third kappa shape index (κ3) is 3.77. The molecule has 1 N–H and O–H groups in total. The molecule has 2 aliphatic heterocycles. The van der Waals surface area contributed by atoms with Crippen LogP contribution in [-0.4, -0.2) is 55.9 Å². The summed E-state index contributed by atoms with van der Waals surface area (Å²) in [5, 5.41) is 2.88. The van der Waals surface area contributed by atoms with Crippen molar-refractivity contribution in [3.05, 3.63) is 23.7 Å². The van der Waals surface area contributed by atoms with Crippen molar-refractivity contribution in [3.63, 3.8) is 0 Å². The number of furan rings is 1. The Hall–Kier alpha value is -1.34. The number of rotatable bonds is 4. The summed E-state index contributed by atoms with van der Waals surface area (Å²) in [6, 6.07) is 2.95. The van der Waals surface area contributed by atoms with E-state index in [0.29, 0.717) is 0 Å². The van der Waals surface area contributed by atoms with E-state index in [-0.39, 0.29) is 35.3 Å². The fraction of sp³-hybridized carbons (Fsp3) is 0.688. The van der Waals surface area contributed by atoms with Crippen LogP contribution in [0.3, 0.4) is 0 Å². The van der Waals surface area contributed by atoms with Gasteiger partial charge in [0.1, 0.15) is 5.76 Å². The summed E-state index contributed by atoms with van der Waals surface area (Å²) in [6.45, 7) is 3.77. The highest BCUT2D eigenvalue weighted by Crippen LogP contribution is 2.23. The summed E-state index contributed by atoms with van der Waals surface area (Å²) in [6.07, 6.45) is 4.10. The number of nitrogens with one attached hydrogen (secondary N) is 1. The van der Waals surface area contributed by atoms with E-state index in [9.17, 15) is 13.2 Å². The molecule has 1 amide bonds. The zero-order valence-electron chi connectivity index (χ0n) is 13.5. The van der Waals surface area contributed by atoms with Gasteiger partial charge in [-0.3, -0.25) is 9.69 Å². The number of nitrogens with zero attached hydrogens (tertiary/aromatic N) is 1. The first-order valence-corrected chi connectivity index (χ1v) is 10.1. The van der Waals surface area contributed by atoms with Gasteiger partial charge in [-0.25, -0.2) is 8.42 Å². The Kier molecular flexibility index (Phi) is 4.77. The lowest BCUT2D eigenvalue weighted by atomic mass is 10.0. The van der Waals surface area contributed by atoms with E-state index >= 15 is 0 Å². The number of hydrogen-bond acceptors (Lipinski definition) is 5. The van der Waals surface area contributed by atoms with Crippen molar-refractivity contribution < 1.29 is 17.6 Å². The van der Waals surface area contributed by atoms with Gasteiger partial charge in [-0.05, 0) is 38.1 Å². The van der Waals surface area contributed by atoms with Crippen LogP contribution in [0.25, 0.3) is 0 Å². The molecule has 0 saturated carbocycles. The molecule has 1 aromatic rings. The van der Waals surface area contributed by atoms with Crippen LogP contribution in [0.1, 0.15) is 42.5 Å². The fourth-order valence-corrected chi connectivity index (χ4v) is 5.46. The predicted molar refractivity (Wildman–Crippen MR) is 87.2 cm³/mol. The second-order valence-corrected chi connectivity index (χ2v) is 8.59. The van der Waals surface area contributed by atoms with E-state index in [2.05, 4.69) is 10.2 Å². The van der Waals surface area contributed by atoms with Gasteiger partial charge in [0, 0.05) is 12.5 Å². The average molecular weight is 340 g/mol. The van der Waals surface area contributed by atoms with Gasteiger partial charge in [-0.1, -0.05) is 13.3 Å². The first kappa shape index (κ1) is 16.5. The lowest BCUT2D eigenvalue weighted by Crippen LogP contribution is -2.52. The minimum Gasteiger partial charge on any atom is -0.456 e. The van der Waals surface area contributed by atoms with Gasteiger partial charge >= 0.3 is 0 Å². The molecule has 3 heterocycles. The molecule has 2 saturated heterocycles. The van der Waals surface area contributed by atoms with Crippen molar-refractivity contribution >= 4 is 15.7 Å². The van der Waals surface area contributed by atoms with Crippen molar-refractivity contribution in [2.75, 3.05) is 24.6 Å². The Morgan fingerprint density at radius 3 is 2.65 bits per heavy atom. The maximum atomic E-state index is 12.4. The van der Waals surface area contributed by atoms with Crippen LogP contribution in [0.2, 0.25) is 0 Å². The normalized spacial score (nSPS) is 27.9. The molecular weight excluding hydrogens is 316 g/mol. The van der Waals surface area contributed by atoms with Gasteiger partial charge in [0.05, 0.1) is 17.5 Å². The predicted octanol–water partition coefficient (Wildman–Crippen LogP) is 1.22. The second-order valence-electron chi connectivity index (χ2n) is 6.44. The fourth-order valence-electron chi connectivity index (χ4n) is 3.51. The monoisotopic (exact) mass is 340 g/mol. The number of sulfone groups is 1. The molecule has 3 rings (SSSR count). The molecule has 2 fully saturated rings. The van der Waals surface area contributed by atoms with E-state index in [1.54, 1.807) is 12.1 Å². The molecule has 1 aromatic heterocycles. The Labute approximate surface area is 137 Å². The molecule has 0 bridgehead atoms. The SMILES string of the molecule is CCc1ccc(C(=O)N[C@@H]2CS(=O)(=O)C[C@H]2N2CCCCC2)o1. The molecule has 128 valence electrons. The Bertz CT molecular complexity index is 661. The van der Waals surface area contributed by atoms with Crippen molar-refractivity contribution in [1.29, 1.82) is 0 Å². The van der Waals surface area contributed by atoms with Gasteiger partial charge in [0.25, 0.3) is 5.91 Å². The Morgan fingerprint density at radius 1 is 1.26 bits per heavy atom. The van der Waals surface area contributed by atoms with Crippen LogP contribution in [0.15, 0.2) is 16.5 Å². The zero-order valence-corrected chi connectivity index (χ0v) is 14.3. The van der Waals surface area contributed by atoms with E-state index in [0.717, 1.165) is 38.1 Å². The lowest BCUT2D eigenvalue weighted by molar-refractivity contribution is 0.0871. The number of hydrogen-bond donors (Lipinski definition) is 1. The van der Waals surface area contributed by atoms with Crippen LogP contribution >= 0.6 is 0 Å². The number of carbonyl (C=O) groups excluding carboxylic acids is 1. The number of aryl methyl sites for hydroxylation is 1. The highest BCUT2D eigenvalue weighted by Gasteiger charge is 2.42. The molecule has 2 aliphatic rings. The smallest absolute Gasteiger partial charge is 0.287 e. The van der Waals surface area contributed by atoms with Crippen LogP contribution in [0.5, 0.6) is 0 Å². The van der Waals surface area contributed by atoms with Gasteiger partial charge < -0.3 is 9.73 Å². The molecule has 0 radical (unpaired) electrons.